The van der Waals surface area contributed by atoms with Crippen molar-refractivity contribution in [3.63, 3.8) is 0 Å². The summed E-state index contributed by atoms with van der Waals surface area (Å²) >= 11 is 0. The monoisotopic (exact) mass is 263 g/mol. The van der Waals surface area contributed by atoms with Gasteiger partial charge in [-0.15, -0.1) is 0 Å². The molecule has 4 N–H and O–H groups in total. The fourth-order valence-corrected chi connectivity index (χ4v) is 2.21. The molecule has 1 unspecified atom stereocenters. The lowest BCUT2D eigenvalue weighted by atomic mass is 10.0. The van der Waals surface area contributed by atoms with E-state index in [4.69, 9.17) is 5.73 Å². The van der Waals surface area contributed by atoms with Crippen molar-refractivity contribution in [2.75, 3.05) is 5.73 Å². The summed E-state index contributed by atoms with van der Waals surface area (Å²) in [5.74, 6) is -0.849. The topological polar surface area (TPSA) is 101 Å². The Morgan fingerprint density at radius 3 is 2.74 bits per heavy atom. The third-order valence-corrected chi connectivity index (χ3v) is 3.03. The van der Waals surface area contributed by atoms with Gasteiger partial charge in [-0.25, -0.2) is 9.59 Å². The van der Waals surface area contributed by atoms with E-state index in [0.29, 0.717) is 23.1 Å². The molecule has 0 saturated carbocycles. The lowest BCUT2D eigenvalue weighted by Crippen LogP contribution is -2.29. The van der Waals surface area contributed by atoms with E-state index in [1.165, 1.54) is 4.57 Å². The van der Waals surface area contributed by atoms with Crippen molar-refractivity contribution in [2.24, 2.45) is 5.92 Å². The van der Waals surface area contributed by atoms with E-state index in [1.807, 2.05) is 13.8 Å². The maximum Gasteiger partial charge on any atom is 0.327 e. The summed E-state index contributed by atoms with van der Waals surface area (Å²) in [6, 6.07) is 4.07. The smallest absolute Gasteiger partial charge is 0.327 e. The van der Waals surface area contributed by atoms with Crippen LogP contribution in [-0.4, -0.2) is 20.6 Å². The number of aromatic amines is 1. The van der Waals surface area contributed by atoms with Crippen LogP contribution in [0.2, 0.25) is 0 Å². The van der Waals surface area contributed by atoms with Crippen LogP contribution in [0.5, 0.6) is 0 Å². The maximum atomic E-state index is 12.0. The van der Waals surface area contributed by atoms with Crippen molar-refractivity contribution in [3.8, 4) is 0 Å². The van der Waals surface area contributed by atoms with Crippen LogP contribution in [0.4, 0.5) is 5.69 Å². The van der Waals surface area contributed by atoms with Crippen LogP contribution in [0.1, 0.15) is 26.3 Å². The maximum absolute atomic E-state index is 12.0. The number of rotatable bonds is 4. The fraction of sp³-hybridized carbons (Fsp3) is 0.385. The van der Waals surface area contributed by atoms with Gasteiger partial charge in [0, 0.05) is 5.69 Å². The molecule has 0 spiro atoms. The van der Waals surface area contributed by atoms with E-state index >= 15 is 0 Å². The number of hydrogen-bond donors (Lipinski definition) is 3. The Morgan fingerprint density at radius 2 is 2.16 bits per heavy atom. The number of aliphatic carboxylic acids is 1. The van der Waals surface area contributed by atoms with E-state index in [0.717, 1.165) is 0 Å². The van der Waals surface area contributed by atoms with Crippen LogP contribution in [-0.2, 0) is 4.79 Å². The highest BCUT2D eigenvalue weighted by Gasteiger charge is 2.24. The minimum Gasteiger partial charge on any atom is -0.480 e. The zero-order chi connectivity index (χ0) is 14.2. The summed E-state index contributed by atoms with van der Waals surface area (Å²) in [4.78, 5) is 26.0. The van der Waals surface area contributed by atoms with Crippen LogP contribution < -0.4 is 11.4 Å². The lowest BCUT2D eigenvalue weighted by molar-refractivity contribution is -0.141. The van der Waals surface area contributed by atoms with E-state index in [-0.39, 0.29) is 5.92 Å². The number of nitrogens with one attached hydrogen (secondary N) is 1. The molecule has 0 bridgehead atoms. The van der Waals surface area contributed by atoms with Crippen molar-refractivity contribution in [2.45, 2.75) is 26.3 Å². The SMILES string of the molecule is CC(C)CC(C(=O)O)n1c(=O)[nH]c2ccc(N)cc21. The third kappa shape index (κ3) is 2.47. The van der Waals surface area contributed by atoms with Gasteiger partial charge in [-0.3, -0.25) is 4.57 Å². The van der Waals surface area contributed by atoms with Crippen LogP contribution in [0.25, 0.3) is 11.0 Å². The van der Waals surface area contributed by atoms with Crippen molar-refractivity contribution in [1.29, 1.82) is 0 Å². The molecule has 102 valence electrons. The molecule has 6 nitrogen and oxygen atoms in total. The highest BCUT2D eigenvalue weighted by molar-refractivity contribution is 5.82. The first kappa shape index (κ1) is 13.2. The second kappa shape index (κ2) is 4.79. The average molecular weight is 263 g/mol. The number of nitrogen functional groups attached to an aromatic ring is 1. The molecule has 6 heteroatoms. The predicted molar refractivity (Wildman–Crippen MR) is 73.1 cm³/mol. The van der Waals surface area contributed by atoms with E-state index in [2.05, 4.69) is 4.98 Å². The molecule has 0 radical (unpaired) electrons. The number of nitrogens with zero attached hydrogens (tertiary/aromatic N) is 1. The Bertz CT molecular complexity index is 669. The highest BCUT2D eigenvalue weighted by atomic mass is 16.4. The van der Waals surface area contributed by atoms with Gasteiger partial charge in [0.05, 0.1) is 11.0 Å². The molecule has 2 rings (SSSR count). The predicted octanol–water partition coefficient (Wildman–Crippen LogP) is 1.58. The number of fused-ring (bicyclic) bond motifs is 1. The Hall–Kier alpha value is -2.24. The standard InChI is InChI=1S/C13H17N3O3/c1-7(2)5-11(12(17)18)16-10-6-8(14)3-4-9(10)15-13(16)19/h3-4,6-7,11H,5,14H2,1-2H3,(H,15,19)(H,17,18). The number of H-pyrrole nitrogens is 1. The number of hydrogen-bond acceptors (Lipinski definition) is 3. The third-order valence-electron chi connectivity index (χ3n) is 3.03. The molecule has 19 heavy (non-hydrogen) atoms. The zero-order valence-corrected chi connectivity index (χ0v) is 10.9. The Labute approximate surface area is 109 Å². The number of anilines is 1. The summed E-state index contributed by atoms with van der Waals surface area (Å²) in [5, 5.41) is 9.34. The minimum absolute atomic E-state index is 0.166. The number of benzene rings is 1. The van der Waals surface area contributed by atoms with E-state index < -0.39 is 17.7 Å². The molecule has 1 aromatic carbocycles. The molecule has 1 atom stereocenters. The van der Waals surface area contributed by atoms with Crippen LogP contribution in [0.3, 0.4) is 0 Å². The minimum atomic E-state index is -1.01. The molecule has 0 aliphatic heterocycles. The Morgan fingerprint density at radius 1 is 1.47 bits per heavy atom. The Balaban J connectivity index is 2.64. The second-order valence-corrected chi connectivity index (χ2v) is 5.06. The van der Waals surface area contributed by atoms with Crippen molar-refractivity contribution in [1.82, 2.24) is 9.55 Å². The van der Waals surface area contributed by atoms with E-state index in [1.54, 1.807) is 18.2 Å². The van der Waals surface area contributed by atoms with Gasteiger partial charge in [-0.2, -0.15) is 0 Å². The van der Waals surface area contributed by atoms with Crippen LogP contribution in [0.15, 0.2) is 23.0 Å². The molecule has 0 aliphatic rings. The summed E-state index contributed by atoms with van der Waals surface area (Å²) in [5.41, 5.74) is 6.89. The van der Waals surface area contributed by atoms with Gasteiger partial charge in [0.25, 0.3) is 0 Å². The molecular weight excluding hydrogens is 246 g/mol. The quantitative estimate of drug-likeness (QED) is 0.729. The molecule has 0 saturated heterocycles. The summed E-state index contributed by atoms with van der Waals surface area (Å²) in [7, 11) is 0. The zero-order valence-electron chi connectivity index (χ0n) is 10.9. The van der Waals surface area contributed by atoms with Gasteiger partial charge in [-0.1, -0.05) is 13.8 Å². The molecule has 1 aromatic heterocycles. The van der Waals surface area contributed by atoms with Crippen molar-refractivity contribution >= 4 is 22.7 Å². The van der Waals surface area contributed by atoms with Crippen molar-refractivity contribution < 1.29 is 9.90 Å². The van der Waals surface area contributed by atoms with Crippen LogP contribution >= 0.6 is 0 Å². The van der Waals surface area contributed by atoms with Crippen molar-refractivity contribution in [3.05, 3.63) is 28.7 Å². The molecule has 2 aromatic rings. The number of carbonyl (C=O) groups is 1. The number of aromatic nitrogens is 2. The largest absolute Gasteiger partial charge is 0.480 e. The lowest BCUT2D eigenvalue weighted by Gasteiger charge is -2.16. The van der Waals surface area contributed by atoms with E-state index in [9.17, 15) is 14.7 Å². The summed E-state index contributed by atoms with van der Waals surface area (Å²) in [6.45, 7) is 3.84. The summed E-state index contributed by atoms with van der Waals surface area (Å²) in [6.07, 6.45) is 0.386. The first-order valence-corrected chi connectivity index (χ1v) is 6.12. The van der Waals surface area contributed by atoms with Gasteiger partial charge >= 0.3 is 11.7 Å². The molecule has 1 heterocycles. The number of carboxylic acid groups (broad SMARTS) is 1. The van der Waals surface area contributed by atoms with Gasteiger partial charge in [0.1, 0.15) is 6.04 Å². The number of nitrogens with two attached hydrogens (primary N) is 1. The van der Waals surface area contributed by atoms with Gasteiger partial charge in [0.15, 0.2) is 0 Å². The van der Waals surface area contributed by atoms with Gasteiger partial charge in [0.2, 0.25) is 0 Å². The molecule has 0 fully saturated rings. The summed E-state index contributed by atoms with van der Waals surface area (Å²) < 4.78 is 1.27. The highest BCUT2D eigenvalue weighted by Crippen LogP contribution is 2.22. The average Bonchev–Trinajstić information content (AvgIpc) is 2.61. The molecular formula is C13H17N3O3. The first-order chi connectivity index (χ1) is 8.90. The molecule has 0 amide bonds. The van der Waals surface area contributed by atoms with Gasteiger partial charge < -0.3 is 15.8 Å². The number of imidazole rings is 1. The number of carboxylic acids is 1. The Kier molecular flexibility index (Phi) is 3.33. The second-order valence-electron chi connectivity index (χ2n) is 5.06. The van der Waals surface area contributed by atoms with Crippen LogP contribution in [0, 0.1) is 5.92 Å². The normalized spacial score (nSPS) is 13.0. The fourth-order valence-electron chi connectivity index (χ4n) is 2.21. The van der Waals surface area contributed by atoms with Gasteiger partial charge in [-0.05, 0) is 30.5 Å². The molecule has 0 aliphatic carbocycles. The first-order valence-electron chi connectivity index (χ1n) is 6.12.